The molecule has 31 heteroatoms. The zero-order valence-corrected chi connectivity index (χ0v) is 51.9. The second-order valence-corrected chi connectivity index (χ2v) is 26.6. The Labute approximate surface area is 530 Å². The molecule has 7 amide bonds. The highest BCUT2D eigenvalue weighted by Crippen LogP contribution is 2.44. The Morgan fingerprint density at radius 3 is 2.07 bits per heavy atom. The number of fused-ring (bicyclic) bond motifs is 16. The lowest BCUT2D eigenvalue weighted by atomic mass is 10.00. The van der Waals surface area contributed by atoms with E-state index < -0.39 is 90.3 Å². The molecule has 0 spiro atoms. The van der Waals surface area contributed by atoms with E-state index in [1.807, 2.05) is 12.3 Å². The molecule has 10 bridgehead atoms. The number of carbonyl (C=O) groups excluding carboxylic acids is 7. The fraction of sp³-hybridized carbons (Fsp3) is 0.276. The molecule has 2 aromatic carbocycles. The SMILES string of the molecule is Cc1sc2nc1C(=O)N[C@@H]([C@H](O)c1ccccc1)c1nc(cs1)C(=O)NC(Cc1ccc(O)cc1)C(=O)N1C[C@H](OC(=O)N3CCNCC3)[C@H](C)[C@H]1c1nc(cs1)-c1nc(cs1)-c1nc(-c3nc(C(N)=O)cs3)ccc1-c1nc(cs1)C(=O)N[C@H]2CC(N)=O. The van der Waals surface area contributed by atoms with Gasteiger partial charge >= 0.3 is 6.09 Å². The van der Waals surface area contributed by atoms with Gasteiger partial charge in [-0.2, -0.15) is 0 Å². The van der Waals surface area contributed by atoms with Crippen molar-refractivity contribution in [1.29, 1.82) is 0 Å². The summed E-state index contributed by atoms with van der Waals surface area (Å²) in [4.78, 5) is 135. The minimum absolute atomic E-state index is 0.0144. The zero-order chi connectivity index (χ0) is 62.2. The van der Waals surface area contributed by atoms with Crippen molar-refractivity contribution in [3.8, 4) is 49.1 Å². The fourth-order valence-corrected chi connectivity index (χ4v) is 15.8. The van der Waals surface area contributed by atoms with Crippen molar-refractivity contribution in [2.45, 2.75) is 63.1 Å². The van der Waals surface area contributed by atoms with E-state index in [2.05, 4.69) is 36.2 Å². The predicted octanol–water partition coefficient (Wildman–Crippen LogP) is 6.44. The number of ether oxygens (including phenoxy) is 1. The Hall–Kier alpha value is -8.82. The van der Waals surface area contributed by atoms with Crippen molar-refractivity contribution in [2.75, 3.05) is 32.7 Å². The van der Waals surface area contributed by atoms with E-state index in [0.717, 1.165) is 34.0 Å². The van der Waals surface area contributed by atoms with Gasteiger partial charge in [-0.05, 0) is 42.3 Å². The number of phenols is 1. The number of benzene rings is 2. The number of aliphatic hydroxyl groups excluding tert-OH is 1. The number of aliphatic hydroxyl groups is 1. The maximum atomic E-state index is 15.6. The summed E-state index contributed by atoms with van der Waals surface area (Å²) in [5.41, 5.74) is 14.1. The van der Waals surface area contributed by atoms with Gasteiger partial charge in [-0.25, -0.2) is 39.7 Å². The first-order valence-corrected chi connectivity index (χ1v) is 32.9. The van der Waals surface area contributed by atoms with Crippen molar-refractivity contribution in [3.63, 3.8) is 0 Å². The van der Waals surface area contributed by atoms with Crippen LogP contribution in [-0.4, -0.2) is 141 Å². The number of aryl methyl sites for hydroxylation is 1. The van der Waals surface area contributed by atoms with Crippen LogP contribution in [0.1, 0.15) is 111 Å². The first-order valence-electron chi connectivity index (χ1n) is 27.7. The first-order chi connectivity index (χ1) is 42.9. The van der Waals surface area contributed by atoms with Crippen molar-refractivity contribution in [3.05, 3.63) is 147 Å². The third-order valence-corrected chi connectivity index (χ3v) is 20.6. The van der Waals surface area contributed by atoms with E-state index in [4.69, 9.17) is 36.1 Å². The summed E-state index contributed by atoms with van der Waals surface area (Å²) in [5, 5.41) is 44.3. The molecule has 10 N–H and O–H groups in total. The summed E-state index contributed by atoms with van der Waals surface area (Å²) in [6, 6.07) is 13.7. The number of pyridine rings is 1. The first kappa shape index (κ1) is 60.5. The van der Waals surface area contributed by atoms with Gasteiger partial charge in [-0.3, -0.25) is 28.8 Å². The normalized spacial score (nSPS) is 20.2. The number of thiazole rings is 6. The van der Waals surface area contributed by atoms with Crippen molar-refractivity contribution >= 4 is 110 Å². The van der Waals surface area contributed by atoms with Crippen molar-refractivity contribution in [2.24, 2.45) is 17.4 Å². The molecule has 0 saturated carbocycles. The van der Waals surface area contributed by atoms with Gasteiger partial charge in [0.15, 0.2) is 0 Å². The van der Waals surface area contributed by atoms with Crippen LogP contribution in [0.2, 0.25) is 0 Å². The van der Waals surface area contributed by atoms with Gasteiger partial charge in [0.25, 0.3) is 23.6 Å². The van der Waals surface area contributed by atoms with Gasteiger partial charge < -0.3 is 57.5 Å². The van der Waals surface area contributed by atoms with Crippen LogP contribution >= 0.6 is 68.0 Å². The number of rotatable bonds is 9. The number of primary amides is 2. The highest BCUT2D eigenvalue weighted by molar-refractivity contribution is 7.15. The second-order valence-electron chi connectivity index (χ2n) is 21.0. The molecule has 0 aliphatic carbocycles. The average Bonchev–Trinajstić information content (AvgIpc) is 2.23. The third kappa shape index (κ3) is 12.9. The predicted molar refractivity (Wildman–Crippen MR) is 333 cm³/mol. The number of hydrogen-bond donors (Lipinski definition) is 8. The van der Waals surface area contributed by atoms with E-state index in [-0.39, 0.29) is 51.5 Å². The quantitative estimate of drug-likeness (QED) is 0.0771. The molecule has 25 nitrogen and oxygen atoms in total. The Morgan fingerprint density at radius 2 is 1.33 bits per heavy atom. The molecule has 7 aromatic heterocycles. The molecule has 7 atom stereocenters. The van der Waals surface area contributed by atoms with Crippen molar-refractivity contribution < 1.29 is 48.5 Å². The highest BCUT2D eigenvalue weighted by atomic mass is 32.1. The van der Waals surface area contributed by atoms with E-state index in [9.17, 15) is 39.0 Å². The van der Waals surface area contributed by atoms with Crippen LogP contribution in [0.4, 0.5) is 4.79 Å². The summed E-state index contributed by atoms with van der Waals surface area (Å²) in [5.74, 6) is -4.79. The van der Waals surface area contributed by atoms with Gasteiger partial charge in [-0.15, -0.1) is 68.0 Å². The van der Waals surface area contributed by atoms with Crippen LogP contribution in [0.15, 0.2) is 93.6 Å². The molecule has 10 heterocycles. The van der Waals surface area contributed by atoms with E-state index in [1.54, 1.807) is 76.7 Å². The van der Waals surface area contributed by atoms with Gasteiger partial charge in [0.05, 0.1) is 30.7 Å². The molecule has 456 valence electrons. The summed E-state index contributed by atoms with van der Waals surface area (Å²) in [6.07, 6.45) is -3.25. The molecular formula is C58H53N15O10S6. The number of phenolic OH excluding ortho intramolecular Hbond substituents is 1. The lowest BCUT2D eigenvalue weighted by molar-refractivity contribution is -0.134. The summed E-state index contributed by atoms with van der Waals surface area (Å²) in [6.45, 7) is 5.44. The smallest absolute Gasteiger partial charge is 0.410 e. The number of nitrogens with one attached hydrogen (secondary N) is 4. The summed E-state index contributed by atoms with van der Waals surface area (Å²) < 4.78 is 6.26. The van der Waals surface area contributed by atoms with Crippen LogP contribution < -0.4 is 32.7 Å². The molecule has 12 rings (SSSR count). The molecule has 1 unspecified atom stereocenters. The van der Waals surface area contributed by atoms with E-state index in [0.29, 0.717) is 90.6 Å². The lowest BCUT2D eigenvalue weighted by Crippen LogP contribution is -2.50. The van der Waals surface area contributed by atoms with Crippen LogP contribution in [0.3, 0.4) is 0 Å². The molecule has 3 aliphatic heterocycles. The highest BCUT2D eigenvalue weighted by Gasteiger charge is 2.48. The number of carbonyl (C=O) groups is 7. The standard InChI is InChI=1S/C58H53N15O10S6/c1-26-40(83-58(82)72-16-14-61-15-17-72)20-73-45(26)56-69-39(25-88-56)53-65-35(21-85-53)43-31(12-13-32(62-43)52-66-36(22-86-52)47(60)77)51-67-37(23-84-51)48(78)63-33(19-41(59)75)54-71-42(27(2)89-54)50(80)70-44(46(76)29-6-4-3-5-7-29)55-68-38(24-87-55)49(79)64-34(57(73)81)18-28-8-10-30(74)11-9-28/h3-13,21-26,33-34,40,44-46,61,74,76H,14-20H2,1-2H3,(H2,59,75)(H2,60,77)(H,63,78)(H,64,79)(H,70,80)/t26-,33-,34?,40-,44-,45-,46+/m0/s1. The molecular weight excluding hydrogens is 1260 g/mol. The maximum Gasteiger partial charge on any atom is 0.410 e. The Balaban J connectivity index is 0.973. The number of amides is 7. The largest absolute Gasteiger partial charge is 0.508 e. The lowest BCUT2D eigenvalue weighted by Gasteiger charge is -2.29. The van der Waals surface area contributed by atoms with Gasteiger partial charge in [0.2, 0.25) is 11.8 Å². The number of nitrogens with zero attached hydrogens (tertiary/aromatic N) is 9. The third-order valence-electron chi connectivity index (χ3n) is 15.1. The van der Waals surface area contributed by atoms with Crippen LogP contribution in [-0.2, 0) is 20.7 Å². The van der Waals surface area contributed by atoms with Crippen LogP contribution in [0.25, 0.3) is 43.4 Å². The van der Waals surface area contributed by atoms with E-state index >= 15 is 4.79 Å². The monoisotopic (exact) mass is 1310 g/mol. The number of aromatic hydroxyl groups is 1. The number of hydrogen-bond acceptors (Lipinski definition) is 24. The average molecular weight is 1310 g/mol. The summed E-state index contributed by atoms with van der Waals surface area (Å²) in [7, 11) is 0. The molecule has 89 heavy (non-hydrogen) atoms. The minimum atomic E-state index is -1.43. The Morgan fingerprint density at radius 1 is 0.674 bits per heavy atom. The number of piperazine rings is 1. The molecule has 3 aliphatic rings. The Bertz CT molecular complexity index is 4180. The van der Waals surface area contributed by atoms with Gasteiger partial charge in [0, 0.05) is 75.9 Å². The Kier molecular flexibility index (Phi) is 17.5. The summed E-state index contributed by atoms with van der Waals surface area (Å²) >= 11 is 6.86. The van der Waals surface area contributed by atoms with Crippen LogP contribution in [0, 0.1) is 12.8 Å². The number of aromatic nitrogens is 7. The molecule has 9 aromatic rings. The second kappa shape index (κ2) is 25.7. The minimum Gasteiger partial charge on any atom is -0.508 e. The maximum absolute atomic E-state index is 15.6. The van der Waals surface area contributed by atoms with Crippen LogP contribution in [0.5, 0.6) is 5.75 Å². The van der Waals surface area contributed by atoms with Crippen molar-refractivity contribution in [1.82, 2.24) is 66.0 Å². The molecule has 2 saturated heterocycles. The van der Waals surface area contributed by atoms with E-state index in [1.165, 1.54) is 62.3 Å². The topological polar surface area (TPSA) is 366 Å². The van der Waals surface area contributed by atoms with Gasteiger partial charge in [-0.1, -0.05) is 49.4 Å². The number of nitrogens with two attached hydrogens (primary N) is 2. The molecule has 2 fully saturated rings. The molecule has 0 radical (unpaired) electrons. The fourth-order valence-electron chi connectivity index (χ4n) is 10.5. The van der Waals surface area contributed by atoms with Gasteiger partial charge in [0.1, 0.15) is 99.9 Å². The zero-order valence-electron chi connectivity index (χ0n) is 47.0.